The molecule has 1 aliphatic rings. The highest BCUT2D eigenvalue weighted by Crippen LogP contribution is 2.25. The largest absolute Gasteiger partial charge is 0.489 e. The van der Waals surface area contributed by atoms with Crippen LogP contribution in [0.25, 0.3) is 0 Å². The van der Waals surface area contributed by atoms with Crippen molar-refractivity contribution in [2.45, 2.75) is 6.92 Å². The number of carbonyl (C=O) groups excluding carboxylic acids is 2. The number of Topliss-reactive ketones (excluding diaryl/α,β-unsaturated/α-hetero) is 2. The van der Waals surface area contributed by atoms with Crippen LogP contribution in [0.15, 0.2) is 22.7 Å². The van der Waals surface area contributed by atoms with E-state index in [1.807, 2.05) is 19.0 Å². The summed E-state index contributed by atoms with van der Waals surface area (Å²) in [5.41, 5.74) is 0.874. The van der Waals surface area contributed by atoms with E-state index in [9.17, 15) is 9.59 Å². The predicted molar refractivity (Wildman–Crippen MR) is 69.6 cm³/mol. The highest BCUT2D eigenvalue weighted by molar-refractivity contribution is 6.23. The first-order valence-electron chi connectivity index (χ1n) is 5.20. The van der Waals surface area contributed by atoms with Crippen molar-refractivity contribution in [1.29, 1.82) is 0 Å². The Kier molecular flexibility index (Phi) is 6.08. The average Bonchev–Trinajstić information content (AvgIpc) is 2.28. The third-order valence-electron chi connectivity index (χ3n) is 2.57. The van der Waals surface area contributed by atoms with E-state index in [1.165, 1.54) is 14.2 Å². The van der Waals surface area contributed by atoms with E-state index < -0.39 is 0 Å². The van der Waals surface area contributed by atoms with Crippen molar-refractivity contribution >= 4 is 24.0 Å². The summed E-state index contributed by atoms with van der Waals surface area (Å²) in [6, 6.07) is 0. The first-order valence-corrected chi connectivity index (χ1v) is 5.20. The van der Waals surface area contributed by atoms with Gasteiger partial charge in [0.05, 0.1) is 14.2 Å². The van der Waals surface area contributed by atoms with Gasteiger partial charge in [-0.1, -0.05) is 0 Å². The van der Waals surface area contributed by atoms with E-state index >= 15 is 0 Å². The predicted octanol–water partition coefficient (Wildman–Crippen LogP) is 0.942. The highest BCUT2D eigenvalue weighted by atomic mass is 35.5. The third-order valence-corrected chi connectivity index (χ3v) is 2.57. The molecule has 18 heavy (non-hydrogen) atoms. The molecule has 0 aliphatic heterocycles. The maximum Gasteiger partial charge on any atom is 0.229 e. The second-order valence-electron chi connectivity index (χ2n) is 4.07. The molecule has 0 amide bonds. The van der Waals surface area contributed by atoms with Crippen molar-refractivity contribution in [2.24, 2.45) is 0 Å². The van der Waals surface area contributed by atoms with E-state index in [0.717, 1.165) is 0 Å². The lowest BCUT2D eigenvalue weighted by Gasteiger charge is -2.22. The highest BCUT2D eigenvalue weighted by Gasteiger charge is 2.34. The van der Waals surface area contributed by atoms with Crippen LogP contribution < -0.4 is 0 Å². The summed E-state index contributed by atoms with van der Waals surface area (Å²) in [4.78, 5) is 25.9. The zero-order valence-corrected chi connectivity index (χ0v) is 12.0. The fourth-order valence-corrected chi connectivity index (χ4v) is 1.70. The fraction of sp³-hybridized carbons (Fsp3) is 0.500. The molecule has 0 saturated carbocycles. The average molecular weight is 276 g/mol. The Morgan fingerprint density at radius 3 is 1.83 bits per heavy atom. The van der Waals surface area contributed by atoms with Gasteiger partial charge in [0.2, 0.25) is 23.1 Å². The molecular weight excluding hydrogens is 258 g/mol. The number of allylic oxidation sites excluding steroid dienone is 2. The smallest absolute Gasteiger partial charge is 0.229 e. The molecule has 0 heterocycles. The number of ketones is 2. The van der Waals surface area contributed by atoms with Gasteiger partial charge in [-0.3, -0.25) is 9.59 Å². The minimum atomic E-state index is -0.291. The molecule has 6 heteroatoms. The number of carbonyl (C=O) groups is 2. The van der Waals surface area contributed by atoms with Crippen LogP contribution in [0.4, 0.5) is 0 Å². The van der Waals surface area contributed by atoms with E-state index in [1.54, 1.807) is 6.92 Å². The van der Waals surface area contributed by atoms with Crippen LogP contribution in [0.3, 0.4) is 0 Å². The van der Waals surface area contributed by atoms with Crippen LogP contribution in [0.1, 0.15) is 6.92 Å². The molecule has 0 aromatic carbocycles. The number of hydrogen-bond donors (Lipinski definition) is 0. The summed E-state index contributed by atoms with van der Waals surface area (Å²) < 4.78 is 9.91. The number of halogens is 1. The molecule has 1 aliphatic carbocycles. The summed E-state index contributed by atoms with van der Waals surface area (Å²) in [5.74, 6) is -0.603. The molecule has 0 aromatic rings. The number of likely N-dealkylation sites (N-methyl/N-ethyl adjacent to an activating group) is 1. The van der Waals surface area contributed by atoms with Crippen molar-refractivity contribution in [3.63, 3.8) is 0 Å². The minimum absolute atomic E-state index is 0. The molecule has 1 rings (SSSR count). The normalized spacial score (nSPS) is 16.1. The first kappa shape index (κ1) is 16.7. The van der Waals surface area contributed by atoms with Gasteiger partial charge in [-0.25, -0.2) is 0 Å². The molecule has 0 unspecified atom stereocenters. The Hall–Kier alpha value is -1.33. The summed E-state index contributed by atoms with van der Waals surface area (Å²) in [5, 5.41) is 0. The summed E-state index contributed by atoms with van der Waals surface area (Å²) in [6.07, 6.45) is 0. The van der Waals surface area contributed by atoms with E-state index in [0.29, 0.717) is 17.7 Å². The topological polar surface area (TPSA) is 55.8 Å². The van der Waals surface area contributed by atoms with E-state index in [-0.39, 0.29) is 35.5 Å². The maximum atomic E-state index is 12.1. The van der Waals surface area contributed by atoms with Crippen LogP contribution in [-0.2, 0) is 19.1 Å². The minimum Gasteiger partial charge on any atom is -0.489 e. The van der Waals surface area contributed by atoms with Crippen LogP contribution in [0, 0.1) is 0 Å². The van der Waals surface area contributed by atoms with Crippen LogP contribution in [0.2, 0.25) is 0 Å². The van der Waals surface area contributed by atoms with Gasteiger partial charge in [-0.15, -0.1) is 12.4 Å². The molecule has 0 aromatic heterocycles. The quantitative estimate of drug-likeness (QED) is 0.715. The number of hydrogen-bond acceptors (Lipinski definition) is 5. The van der Waals surface area contributed by atoms with Crippen molar-refractivity contribution < 1.29 is 19.1 Å². The van der Waals surface area contributed by atoms with Crippen molar-refractivity contribution in [1.82, 2.24) is 4.90 Å². The van der Waals surface area contributed by atoms with Gasteiger partial charge in [-0.2, -0.15) is 0 Å². The number of rotatable bonds is 4. The lowest BCUT2D eigenvalue weighted by Crippen LogP contribution is -2.30. The molecule has 102 valence electrons. The van der Waals surface area contributed by atoms with Gasteiger partial charge in [0.15, 0.2) is 0 Å². The number of nitrogens with zero attached hydrogens (tertiary/aromatic N) is 1. The van der Waals surface area contributed by atoms with Gasteiger partial charge in [0, 0.05) is 17.7 Å². The molecule has 0 saturated heterocycles. The molecule has 0 fully saturated rings. The van der Waals surface area contributed by atoms with Crippen LogP contribution >= 0.6 is 12.4 Å². The van der Waals surface area contributed by atoms with E-state index in [2.05, 4.69) is 0 Å². The molecule has 0 radical (unpaired) electrons. The monoisotopic (exact) mass is 275 g/mol. The Labute approximate surface area is 113 Å². The standard InChI is InChI=1S/C12H17NO4.ClH/c1-7-8(6-13(2)3)10(15)12(17-5)11(16-4)9(7)14;/h6H2,1-5H3;1H. The maximum absolute atomic E-state index is 12.1. The van der Waals surface area contributed by atoms with Crippen molar-refractivity contribution in [3.8, 4) is 0 Å². The Morgan fingerprint density at radius 1 is 1.00 bits per heavy atom. The van der Waals surface area contributed by atoms with E-state index in [4.69, 9.17) is 9.47 Å². The summed E-state index contributed by atoms with van der Waals surface area (Å²) in [7, 11) is 6.37. The van der Waals surface area contributed by atoms with Crippen molar-refractivity contribution in [2.75, 3.05) is 34.9 Å². The molecule has 0 bridgehead atoms. The fourth-order valence-electron chi connectivity index (χ4n) is 1.70. The zero-order valence-electron chi connectivity index (χ0n) is 11.2. The summed E-state index contributed by atoms with van der Waals surface area (Å²) in [6.45, 7) is 2.03. The van der Waals surface area contributed by atoms with Gasteiger partial charge in [0.1, 0.15) is 0 Å². The Morgan fingerprint density at radius 2 is 1.44 bits per heavy atom. The lowest BCUT2D eigenvalue weighted by molar-refractivity contribution is -0.121. The van der Waals surface area contributed by atoms with Gasteiger partial charge < -0.3 is 14.4 Å². The van der Waals surface area contributed by atoms with Crippen molar-refractivity contribution in [3.05, 3.63) is 22.7 Å². The lowest BCUT2D eigenvalue weighted by atomic mass is 9.93. The second kappa shape index (κ2) is 6.56. The Bertz CT molecular complexity index is 424. The van der Waals surface area contributed by atoms with Gasteiger partial charge >= 0.3 is 0 Å². The molecular formula is C12H18ClNO4. The molecule has 0 atom stereocenters. The number of methoxy groups -OCH3 is 2. The van der Waals surface area contributed by atoms with Gasteiger partial charge in [0.25, 0.3) is 0 Å². The van der Waals surface area contributed by atoms with Gasteiger partial charge in [-0.05, 0) is 21.0 Å². The SMILES string of the molecule is COC1=C(OC)C(=O)C(CN(C)C)=C(C)C1=O.Cl. The number of ether oxygens (including phenoxy) is 2. The van der Waals surface area contributed by atoms with Crippen LogP contribution in [0.5, 0.6) is 0 Å². The zero-order chi connectivity index (χ0) is 13.2. The molecule has 5 nitrogen and oxygen atoms in total. The Balaban J connectivity index is 0.00000289. The summed E-state index contributed by atoms with van der Waals surface area (Å²) >= 11 is 0. The molecule has 0 N–H and O–H groups in total. The molecule has 0 spiro atoms. The third kappa shape index (κ3) is 2.91. The second-order valence-corrected chi connectivity index (χ2v) is 4.07. The first-order chi connectivity index (χ1) is 7.93. The van der Waals surface area contributed by atoms with Crippen LogP contribution in [-0.4, -0.2) is 51.3 Å².